The third kappa shape index (κ3) is 6.08. The van der Waals surface area contributed by atoms with E-state index in [2.05, 4.69) is 10.3 Å². The molecule has 0 aliphatic heterocycles. The molecule has 128 valence electrons. The van der Waals surface area contributed by atoms with Gasteiger partial charge in [0.15, 0.2) is 0 Å². The van der Waals surface area contributed by atoms with Crippen molar-refractivity contribution in [2.45, 2.75) is 38.2 Å². The molecule has 4 nitrogen and oxygen atoms in total. The first-order valence-electron chi connectivity index (χ1n) is 8.13. The Morgan fingerprint density at radius 2 is 2.04 bits per heavy atom. The lowest BCUT2D eigenvalue weighted by Gasteiger charge is -2.19. The number of hydrogen-bond acceptors (Lipinski definition) is 3. The highest BCUT2D eigenvalue weighted by molar-refractivity contribution is 5.76. The topological polar surface area (TPSA) is 62.2 Å². The average molecular weight is 330 g/mol. The van der Waals surface area contributed by atoms with E-state index in [1.165, 1.54) is 6.07 Å². The van der Waals surface area contributed by atoms with Crippen LogP contribution in [0.3, 0.4) is 0 Å². The van der Waals surface area contributed by atoms with Crippen LogP contribution in [-0.2, 0) is 11.2 Å². The van der Waals surface area contributed by atoms with Crippen LogP contribution in [0.2, 0.25) is 0 Å². The molecular formula is C19H23FN2O2. The molecule has 1 amide bonds. The third-order valence-corrected chi connectivity index (χ3v) is 3.84. The number of pyridine rings is 1. The maximum Gasteiger partial charge on any atom is 0.220 e. The summed E-state index contributed by atoms with van der Waals surface area (Å²) < 4.78 is 13.1. The van der Waals surface area contributed by atoms with Gasteiger partial charge in [0, 0.05) is 25.1 Å². The molecule has 0 saturated carbocycles. The van der Waals surface area contributed by atoms with Gasteiger partial charge in [0.25, 0.3) is 0 Å². The number of halogens is 1. The van der Waals surface area contributed by atoms with E-state index in [9.17, 15) is 14.3 Å². The average Bonchev–Trinajstić information content (AvgIpc) is 2.57. The summed E-state index contributed by atoms with van der Waals surface area (Å²) in [5, 5.41) is 12.6. The molecule has 2 N–H and O–H groups in total. The quantitative estimate of drug-likeness (QED) is 0.782. The molecule has 0 aliphatic rings. The van der Waals surface area contributed by atoms with Crippen LogP contribution in [0.15, 0.2) is 48.8 Å². The van der Waals surface area contributed by atoms with E-state index in [0.717, 1.165) is 11.8 Å². The van der Waals surface area contributed by atoms with Crippen molar-refractivity contribution >= 4 is 5.91 Å². The molecule has 0 saturated heterocycles. The highest BCUT2D eigenvalue weighted by Gasteiger charge is 2.15. The molecule has 1 aromatic heterocycles. The molecule has 2 rings (SSSR count). The summed E-state index contributed by atoms with van der Waals surface area (Å²) in [6.07, 6.45) is 3.58. The SMILES string of the molecule is CC(O)CC(CNC(=O)CCc1cncc(F)c1)c1ccccc1. The fourth-order valence-electron chi connectivity index (χ4n) is 2.65. The Kier molecular flexibility index (Phi) is 6.88. The van der Waals surface area contributed by atoms with Crippen molar-refractivity contribution in [3.8, 4) is 0 Å². The van der Waals surface area contributed by atoms with Gasteiger partial charge in [-0.15, -0.1) is 0 Å². The lowest BCUT2D eigenvalue weighted by molar-refractivity contribution is -0.121. The number of nitrogens with zero attached hydrogens (tertiary/aromatic N) is 1. The summed E-state index contributed by atoms with van der Waals surface area (Å²) in [6, 6.07) is 11.2. The number of rotatable bonds is 8. The van der Waals surface area contributed by atoms with Crippen molar-refractivity contribution in [3.05, 3.63) is 65.7 Å². The van der Waals surface area contributed by atoms with Gasteiger partial charge < -0.3 is 10.4 Å². The maximum absolute atomic E-state index is 13.1. The number of benzene rings is 1. The van der Waals surface area contributed by atoms with Crippen molar-refractivity contribution in [2.24, 2.45) is 0 Å². The van der Waals surface area contributed by atoms with Crippen LogP contribution in [0.4, 0.5) is 4.39 Å². The number of aliphatic hydroxyl groups excluding tert-OH is 1. The zero-order chi connectivity index (χ0) is 17.4. The minimum absolute atomic E-state index is 0.0611. The summed E-state index contributed by atoms with van der Waals surface area (Å²) in [7, 11) is 0. The second-order valence-electron chi connectivity index (χ2n) is 6.01. The highest BCUT2D eigenvalue weighted by Crippen LogP contribution is 2.20. The number of carbonyl (C=O) groups excluding carboxylic acids is 1. The molecule has 2 unspecified atom stereocenters. The molecule has 24 heavy (non-hydrogen) atoms. The van der Waals surface area contributed by atoms with Gasteiger partial charge in [-0.2, -0.15) is 0 Å². The van der Waals surface area contributed by atoms with Gasteiger partial charge in [-0.05, 0) is 37.0 Å². The van der Waals surface area contributed by atoms with Crippen molar-refractivity contribution < 1.29 is 14.3 Å². The Morgan fingerprint density at radius 3 is 2.71 bits per heavy atom. The fourth-order valence-corrected chi connectivity index (χ4v) is 2.65. The van der Waals surface area contributed by atoms with E-state index in [4.69, 9.17) is 0 Å². The van der Waals surface area contributed by atoms with E-state index in [1.807, 2.05) is 30.3 Å². The monoisotopic (exact) mass is 330 g/mol. The molecule has 0 aliphatic carbocycles. The fraction of sp³-hybridized carbons (Fsp3) is 0.368. The molecule has 0 bridgehead atoms. The number of aliphatic hydroxyl groups is 1. The van der Waals surface area contributed by atoms with Crippen LogP contribution in [0.1, 0.15) is 36.8 Å². The molecular weight excluding hydrogens is 307 g/mol. The zero-order valence-corrected chi connectivity index (χ0v) is 13.8. The van der Waals surface area contributed by atoms with Crippen LogP contribution < -0.4 is 5.32 Å². The van der Waals surface area contributed by atoms with Crippen molar-refractivity contribution in [1.82, 2.24) is 10.3 Å². The predicted octanol–water partition coefficient (Wildman–Crippen LogP) is 2.82. The third-order valence-electron chi connectivity index (χ3n) is 3.84. The maximum atomic E-state index is 13.1. The number of nitrogens with one attached hydrogen (secondary N) is 1. The van der Waals surface area contributed by atoms with Gasteiger partial charge in [-0.3, -0.25) is 9.78 Å². The van der Waals surface area contributed by atoms with E-state index in [-0.39, 0.29) is 18.2 Å². The largest absolute Gasteiger partial charge is 0.393 e. The second-order valence-corrected chi connectivity index (χ2v) is 6.01. The molecule has 0 spiro atoms. The number of aromatic nitrogens is 1. The first-order valence-corrected chi connectivity index (χ1v) is 8.13. The summed E-state index contributed by atoms with van der Waals surface area (Å²) in [4.78, 5) is 15.8. The summed E-state index contributed by atoms with van der Waals surface area (Å²) in [5.41, 5.74) is 1.79. The Hall–Kier alpha value is -2.27. The van der Waals surface area contributed by atoms with E-state index >= 15 is 0 Å². The van der Waals surface area contributed by atoms with Crippen molar-refractivity contribution in [1.29, 1.82) is 0 Å². The second kappa shape index (κ2) is 9.13. The van der Waals surface area contributed by atoms with Gasteiger partial charge in [0.1, 0.15) is 5.82 Å². The summed E-state index contributed by atoms with van der Waals surface area (Å²) in [5.74, 6) is -0.425. The van der Waals surface area contributed by atoms with Crippen LogP contribution in [0.25, 0.3) is 0 Å². The number of amides is 1. The van der Waals surface area contributed by atoms with Gasteiger partial charge >= 0.3 is 0 Å². The van der Waals surface area contributed by atoms with E-state index < -0.39 is 11.9 Å². The summed E-state index contributed by atoms with van der Waals surface area (Å²) in [6.45, 7) is 2.21. The van der Waals surface area contributed by atoms with Crippen LogP contribution in [0, 0.1) is 5.82 Å². The van der Waals surface area contributed by atoms with Gasteiger partial charge in [0.2, 0.25) is 5.91 Å². The first kappa shape index (κ1) is 18.1. The molecule has 0 radical (unpaired) electrons. The minimum atomic E-state index is -0.439. The minimum Gasteiger partial charge on any atom is -0.393 e. The van der Waals surface area contributed by atoms with Gasteiger partial charge in [0.05, 0.1) is 12.3 Å². The van der Waals surface area contributed by atoms with Crippen LogP contribution >= 0.6 is 0 Å². The van der Waals surface area contributed by atoms with E-state index in [1.54, 1.807) is 13.1 Å². The normalized spacial score (nSPS) is 13.3. The summed E-state index contributed by atoms with van der Waals surface area (Å²) >= 11 is 0. The highest BCUT2D eigenvalue weighted by atomic mass is 19.1. The molecule has 1 aromatic carbocycles. The van der Waals surface area contributed by atoms with Gasteiger partial charge in [-0.1, -0.05) is 30.3 Å². The number of carbonyl (C=O) groups is 1. The lowest BCUT2D eigenvalue weighted by atomic mass is 9.93. The van der Waals surface area contributed by atoms with Crippen molar-refractivity contribution in [3.63, 3.8) is 0 Å². The van der Waals surface area contributed by atoms with Crippen molar-refractivity contribution in [2.75, 3.05) is 6.54 Å². The lowest BCUT2D eigenvalue weighted by Crippen LogP contribution is -2.29. The molecule has 0 fully saturated rings. The molecule has 1 heterocycles. The Bertz CT molecular complexity index is 647. The predicted molar refractivity (Wildman–Crippen MR) is 91.0 cm³/mol. The molecule has 2 atom stereocenters. The zero-order valence-electron chi connectivity index (χ0n) is 13.8. The Morgan fingerprint density at radius 1 is 1.29 bits per heavy atom. The van der Waals surface area contributed by atoms with Crippen LogP contribution in [0.5, 0.6) is 0 Å². The Labute approximate surface area is 141 Å². The number of aryl methyl sites for hydroxylation is 1. The standard InChI is InChI=1S/C19H23FN2O2/c1-14(23)9-17(16-5-3-2-4-6-16)12-22-19(24)8-7-15-10-18(20)13-21-11-15/h2-6,10-11,13-14,17,23H,7-9,12H2,1H3,(H,22,24). The van der Waals surface area contributed by atoms with E-state index in [0.29, 0.717) is 24.9 Å². The smallest absolute Gasteiger partial charge is 0.220 e. The number of hydrogen-bond donors (Lipinski definition) is 2. The first-order chi connectivity index (χ1) is 11.5. The van der Waals surface area contributed by atoms with Crippen LogP contribution in [-0.4, -0.2) is 28.6 Å². The molecule has 5 heteroatoms. The Balaban J connectivity index is 1.85. The van der Waals surface area contributed by atoms with Gasteiger partial charge in [-0.25, -0.2) is 4.39 Å². The molecule has 2 aromatic rings.